The Morgan fingerprint density at radius 2 is 2.24 bits per heavy atom. The summed E-state index contributed by atoms with van der Waals surface area (Å²) >= 11 is 6.88. The minimum atomic E-state index is 0.0273. The SMILES string of the molecule is O=C(NCc1sccc1Br)C1CCCN(c2nc3ccccc3s2)C1. The minimum absolute atomic E-state index is 0.0273. The van der Waals surface area contributed by atoms with E-state index in [1.165, 1.54) is 4.70 Å². The first-order chi connectivity index (χ1) is 12.2. The van der Waals surface area contributed by atoms with E-state index in [0.29, 0.717) is 6.54 Å². The van der Waals surface area contributed by atoms with Crippen LogP contribution in [0.15, 0.2) is 40.2 Å². The van der Waals surface area contributed by atoms with Crippen molar-refractivity contribution in [3.63, 3.8) is 0 Å². The number of amides is 1. The highest BCUT2D eigenvalue weighted by Gasteiger charge is 2.27. The molecule has 3 heterocycles. The first kappa shape index (κ1) is 17.0. The van der Waals surface area contributed by atoms with Crippen LogP contribution in [0, 0.1) is 5.92 Å². The molecule has 4 rings (SSSR count). The lowest BCUT2D eigenvalue weighted by Gasteiger charge is -2.31. The zero-order chi connectivity index (χ0) is 17.2. The van der Waals surface area contributed by atoms with Gasteiger partial charge in [-0.05, 0) is 52.4 Å². The fraction of sp³-hybridized carbons (Fsp3) is 0.333. The number of anilines is 1. The van der Waals surface area contributed by atoms with Crippen molar-refractivity contribution >= 4 is 59.9 Å². The molecule has 1 unspecified atom stereocenters. The molecule has 0 saturated carbocycles. The molecule has 3 aromatic rings. The maximum Gasteiger partial charge on any atom is 0.225 e. The number of nitrogens with one attached hydrogen (secondary N) is 1. The van der Waals surface area contributed by atoms with Crippen LogP contribution in [-0.4, -0.2) is 24.0 Å². The Labute approximate surface area is 163 Å². The topological polar surface area (TPSA) is 45.2 Å². The Bertz CT molecular complexity index is 858. The van der Waals surface area contributed by atoms with Crippen molar-refractivity contribution in [1.82, 2.24) is 10.3 Å². The number of fused-ring (bicyclic) bond motifs is 1. The molecule has 4 nitrogen and oxygen atoms in total. The Morgan fingerprint density at radius 3 is 3.04 bits per heavy atom. The van der Waals surface area contributed by atoms with Gasteiger partial charge in [-0.15, -0.1) is 11.3 Å². The van der Waals surface area contributed by atoms with Gasteiger partial charge in [-0.3, -0.25) is 4.79 Å². The normalized spacial score (nSPS) is 17.8. The highest BCUT2D eigenvalue weighted by atomic mass is 79.9. The van der Waals surface area contributed by atoms with Gasteiger partial charge in [0.25, 0.3) is 0 Å². The molecule has 1 atom stereocenters. The molecule has 0 aliphatic carbocycles. The van der Waals surface area contributed by atoms with Gasteiger partial charge in [-0.2, -0.15) is 0 Å². The molecular weight excluding hydrogens is 418 g/mol. The number of thiazole rings is 1. The third-order valence-corrected chi connectivity index (χ3v) is 7.48. The molecule has 0 bridgehead atoms. The summed E-state index contributed by atoms with van der Waals surface area (Å²) in [6, 6.07) is 10.2. The summed E-state index contributed by atoms with van der Waals surface area (Å²) in [5, 5.41) is 6.15. The summed E-state index contributed by atoms with van der Waals surface area (Å²) in [4.78, 5) is 20.7. The van der Waals surface area contributed by atoms with Gasteiger partial charge < -0.3 is 10.2 Å². The van der Waals surface area contributed by atoms with Crippen LogP contribution in [0.1, 0.15) is 17.7 Å². The molecule has 0 radical (unpaired) electrons. The fourth-order valence-corrected chi connectivity index (χ4v) is 5.56. The maximum absolute atomic E-state index is 12.6. The third kappa shape index (κ3) is 3.73. The van der Waals surface area contributed by atoms with Crippen LogP contribution in [-0.2, 0) is 11.3 Å². The molecule has 7 heteroatoms. The number of benzene rings is 1. The van der Waals surface area contributed by atoms with E-state index in [1.807, 2.05) is 29.6 Å². The van der Waals surface area contributed by atoms with E-state index in [4.69, 9.17) is 4.98 Å². The summed E-state index contributed by atoms with van der Waals surface area (Å²) in [6.07, 6.45) is 1.97. The molecule has 1 aromatic carbocycles. The van der Waals surface area contributed by atoms with Gasteiger partial charge in [-0.25, -0.2) is 4.98 Å². The van der Waals surface area contributed by atoms with E-state index < -0.39 is 0 Å². The van der Waals surface area contributed by atoms with Crippen molar-refractivity contribution in [2.75, 3.05) is 18.0 Å². The number of piperidine rings is 1. The minimum Gasteiger partial charge on any atom is -0.351 e. The number of aromatic nitrogens is 1. The molecule has 1 aliphatic heterocycles. The van der Waals surface area contributed by atoms with Gasteiger partial charge in [0, 0.05) is 22.4 Å². The van der Waals surface area contributed by atoms with Crippen molar-refractivity contribution < 1.29 is 4.79 Å². The highest BCUT2D eigenvalue weighted by molar-refractivity contribution is 9.10. The van der Waals surface area contributed by atoms with E-state index in [2.05, 4.69) is 32.2 Å². The van der Waals surface area contributed by atoms with Crippen molar-refractivity contribution in [2.24, 2.45) is 5.92 Å². The number of hydrogen-bond acceptors (Lipinski definition) is 5. The zero-order valence-electron chi connectivity index (χ0n) is 13.6. The van der Waals surface area contributed by atoms with Gasteiger partial charge in [0.15, 0.2) is 5.13 Å². The van der Waals surface area contributed by atoms with E-state index in [0.717, 1.165) is 45.9 Å². The Balaban J connectivity index is 1.41. The highest BCUT2D eigenvalue weighted by Crippen LogP contribution is 2.31. The molecular formula is C18H18BrN3OS2. The summed E-state index contributed by atoms with van der Waals surface area (Å²) in [6.45, 7) is 2.31. The number of carbonyl (C=O) groups is 1. The lowest BCUT2D eigenvalue weighted by Crippen LogP contribution is -2.42. The summed E-state index contributed by atoms with van der Waals surface area (Å²) < 4.78 is 2.27. The van der Waals surface area contributed by atoms with Crippen molar-refractivity contribution in [1.29, 1.82) is 0 Å². The van der Waals surface area contributed by atoms with Crippen LogP contribution in [0.5, 0.6) is 0 Å². The predicted molar refractivity (Wildman–Crippen MR) is 108 cm³/mol. The van der Waals surface area contributed by atoms with Crippen molar-refractivity contribution in [3.05, 3.63) is 45.1 Å². The molecule has 25 heavy (non-hydrogen) atoms. The van der Waals surface area contributed by atoms with E-state index in [-0.39, 0.29) is 11.8 Å². The third-order valence-electron chi connectivity index (χ3n) is 4.46. The Kier molecular flexibility index (Phi) is 5.05. The summed E-state index contributed by atoms with van der Waals surface area (Å²) in [7, 11) is 0. The molecule has 1 fully saturated rings. The van der Waals surface area contributed by atoms with Crippen LogP contribution in [0.3, 0.4) is 0 Å². The molecule has 0 spiro atoms. The van der Waals surface area contributed by atoms with Gasteiger partial charge in [-0.1, -0.05) is 23.5 Å². The second-order valence-corrected chi connectivity index (χ2v) is 9.02. The number of halogens is 1. The first-order valence-corrected chi connectivity index (χ1v) is 10.8. The summed E-state index contributed by atoms with van der Waals surface area (Å²) in [5.74, 6) is 0.172. The van der Waals surface area contributed by atoms with Gasteiger partial charge in [0.1, 0.15) is 0 Å². The fourth-order valence-electron chi connectivity index (χ4n) is 3.12. The monoisotopic (exact) mass is 435 g/mol. The van der Waals surface area contributed by atoms with Gasteiger partial charge in [0.05, 0.1) is 22.7 Å². The van der Waals surface area contributed by atoms with Crippen LogP contribution < -0.4 is 10.2 Å². The number of rotatable bonds is 4. The number of thiophene rings is 1. The molecule has 1 amide bonds. The summed E-state index contributed by atoms with van der Waals surface area (Å²) in [5.41, 5.74) is 1.04. The van der Waals surface area contributed by atoms with Crippen LogP contribution in [0.4, 0.5) is 5.13 Å². The predicted octanol–water partition coefficient (Wildman–Crippen LogP) is 4.65. The maximum atomic E-state index is 12.6. The van der Waals surface area contributed by atoms with Gasteiger partial charge in [0.2, 0.25) is 5.91 Å². The number of nitrogens with zero attached hydrogens (tertiary/aromatic N) is 2. The average molecular weight is 436 g/mol. The Morgan fingerprint density at radius 1 is 1.36 bits per heavy atom. The smallest absolute Gasteiger partial charge is 0.225 e. The molecule has 2 aromatic heterocycles. The zero-order valence-corrected chi connectivity index (χ0v) is 16.8. The Hall–Kier alpha value is -1.44. The second-order valence-electron chi connectivity index (χ2n) is 6.16. The molecule has 1 saturated heterocycles. The number of carbonyl (C=O) groups excluding carboxylic acids is 1. The number of para-hydroxylation sites is 1. The van der Waals surface area contributed by atoms with E-state index in [9.17, 15) is 4.79 Å². The quantitative estimate of drug-likeness (QED) is 0.648. The first-order valence-electron chi connectivity index (χ1n) is 8.31. The van der Waals surface area contributed by atoms with Crippen molar-refractivity contribution in [3.8, 4) is 0 Å². The average Bonchev–Trinajstić information content (AvgIpc) is 3.25. The van der Waals surface area contributed by atoms with E-state index >= 15 is 0 Å². The second kappa shape index (κ2) is 7.43. The van der Waals surface area contributed by atoms with Crippen molar-refractivity contribution in [2.45, 2.75) is 19.4 Å². The van der Waals surface area contributed by atoms with Crippen LogP contribution in [0.2, 0.25) is 0 Å². The molecule has 1 N–H and O–H groups in total. The lowest BCUT2D eigenvalue weighted by molar-refractivity contribution is -0.125. The number of hydrogen-bond donors (Lipinski definition) is 1. The molecule has 130 valence electrons. The van der Waals surface area contributed by atoms with E-state index in [1.54, 1.807) is 22.7 Å². The van der Waals surface area contributed by atoms with Gasteiger partial charge >= 0.3 is 0 Å². The van der Waals surface area contributed by atoms with Crippen LogP contribution >= 0.6 is 38.6 Å². The lowest BCUT2D eigenvalue weighted by atomic mass is 9.97. The molecule has 1 aliphatic rings. The standard InChI is InChI=1S/C18H18BrN3OS2/c19-13-7-9-24-16(13)10-20-17(23)12-4-3-8-22(11-12)18-21-14-5-1-2-6-15(14)25-18/h1-2,5-7,9,12H,3-4,8,10-11H2,(H,20,23). The largest absolute Gasteiger partial charge is 0.351 e. The van der Waals surface area contributed by atoms with Crippen LogP contribution in [0.25, 0.3) is 10.2 Å².